The zero-order valence-corrected chi connectivity index (χ0v) is 18.6. The number of ether oxygens (including phenoxy) is 1. The molecule has 1 aliphatic carbocycles. The predicted octanol–water partition coefficient (Wildman–Crippen LogP) is 3.44. The fourth-order valence-electron chi connectivity index (χ4n) is 3.64. The molecular formula is C20H33BrN5O2+. The summed E-state index contributed by atoms with van der Waals surface area (Å²) in [6.07, 6.45) is 9.07. The molecule has 1 saturated carbocycles. The van der Waals surface area contributed by atoms with Crippen molar-refractivity contribution in [3.8, 4) is 0 Å². The second kappa shape index (κ2) is 11.5. The Balaban J connectivity index is 2.08. The Labute approximate surface area is 176 Å². The van der Waals surface area contributed by atoms with Gasteiger partial charge in [-0.2, -0.15) is 4.99 Å². The molecule has 1 fully saturated rings. The van der Waals surface area contributed by atoms with Gasteiger partial charge < -0.3 is 20.5 Å². The van der Waals surface area contributed by atoms with Gasteiger partial charge in [0.1, 0.15) is 17.2 Å². The van der Waals surface area contributed by atoms with Crippen LogP contribution in [0.2, 0.25) is 0 Å². The monoisotopic (exact) mass is 454 g/mol. The van der Waals surface area contributed by atoms with Crippen molar-refractivity contribution in [2.45, 2.75) is 70.6 Å². The molecule has 1 aliphatic rings. The zero-order chi connectivity index (χ0) is 20.5. The topological polar surface area (TPSA) is 105 Å². The summed E-state index contributed by atoms with van der Waals surface area (Å²) in [5.74, 6) is 0.686. The number of amidine groups is 1. The van der Waals surface area contributed by atoms with E-state index in [4.69, 9.17) is 15.3 Å². The Kier molecular flexibility index (Phi) is 9.34. The van der Waals surface area contributed by atoms with Gasteiger partial charge in [-0.15, -0.1) is 0 Å². The van der Waals surface area contributed by atoms with Crippen LogP contribution in [0, 0.1) is 5.41 Å². The molecular weight excluding hydrogens is 422 g/mol. The van der Waals surface area contributed by atoms with E-state index in [1.165, 1.54) is 32.1 Å². The van der Waals surface area contributed by atoms with Gasteiger partial charge in [0.05, 0.1) is 6.10 Å². The highest BCUT2D eigenvalue weighted by Crippen LogP contribution is 2.21. The summed E-state index contributed by atoms with van der Waals surface area (Å²) in [5, 5.41) is 22.8. The molecule has 0 saturated heterocycles. The van der Waals surface area contributed by atoms with Crippen molar-refractivity contribution in [2.24, 2.45) is 4.99 Å². The van der Waals surface area contributed by atoms with E-state index in [2.05, 4.69) is 43.5 Å². The van der Waals surface area contributed by atoms with Crippen LogP contribution >= 0.6 is 15.9 Å². The minimum absolute atomic E-state index is 0.0131. The van der Waals surface area contributed by atoms with E-state index in [1.807, 2.05) is 0 Å². The molecule has 0 aliphatic heterocycles. The number of aliphatic imine (C=N–C) groups is 1. The molecule has 2 atom stereocenters. The lowest BCUT2D eigenvalue weighted by Crippen LogP contribution is -2.49. The molecule has 0 amide bonds. The first-order valence-electron chi connectivity index (χ1n) is 9.98. The maximum atomic E-state index is 8.17. The number of hydrogen-bond donors (Lipinski definition) is 3. The SMILES string of the molecule is CCC(NC1CCCCC1)C(CNc1ncc(Br)cc1C([OH2+])=NC(C)=N)OC. The number of nitrogens with one attached hydrogen (secondary N) is 3. The highest BCUT2D eigenvalue weighted by atomic mass is 79.9. The molecule has 0 bridgehead atoms. The lowest BCUT2D eigenvalue weighted by molar-refractivity contribution is 0.0699. The summed E-state index contributed by atoms with van der Waals surface area (Å²) < 4.78 is 6.55. The maximum Gasteiger partial charge on any atom is 0.369 e. The van der Waals surface area contributed by atoms with E-state index >= 15 is 0 Å². The van der Waals surface area contributed by atoms with Crippen molar-refractivity contribution < 1.29 is 9.84 Å². The second-order valence-corrected chi connectivity index (χ2v) is 8.18. The van der Waals surface area contributed by atoms with E-state index < -0.39 is 0 Å². The first-order chi connectivity index (χ1) is 13.4. The van der Waals surface area contributed by atoms with Crippen LogP contribution in [0.5, 0.6) is 0 Å². The summed E-state index contributed by atoms with van der Waals surface area (Å²) in [7, 11) is 1.74. The lowest BCUT2D eigenvalue weighted by Gasteiger charge is -2.32. The Morgan fingerprint density at radius 1 is 1.43 bits per heavy atom. The van der Waals surface area contributed by atoms with Gasteiger partial charge in [-0.25, -0.2) is 4.98 Å². The number of halogens is 1. The van der Waals surface area contributed by atoms with Gasteiger partial charge in [0.15, 0.2) is 0 Å². The van der Waals surface area contributed by atoms with E-state index in [0.717, 1.165) is 10.9 Å². The third-order valence-corrected chi connectivity index (χ3v) is 5.54. The van der Waals surface area contributed by atoms with Crippen molar-refractivity contribution in [1.82, 2.24) is 10.3 Å². The zero-order valence-electron chi connectivity index (χ0n) is 17.0. The average Bonchev–Trinajstić information content (AvgIpc) is 2.68. The van der Waals surface area contributed by atoms with Crippen LogP contribution in [0.1, 0.15) is 57.9 Å². The van der Waals surface area contributed by atoms with Crippen molar-refractivity contribution in [3.63, 3.8) is 0 Å². The largest absolute Gasteiger partial charge is 0.578 e. The Morgan fingerprint density at radius 2 is 2.14 bits per heavy atom. The first kappa shape index (κ1) is 22.8. The molecule has 1 heterocycles. The van der Waals surface area contributed by atoms with E-state index in [0.29, 0.717) is 24.0 Å². The van der Waals surface area contributed by atoms with Gasteiger partial charge >= 0.3 is 5.90 Å². The Hall–Kier alpha value is -1.51. The van der Waals surface area contributed by atoms with E-state index in [1.54, 1.807) is 26.3 Å². The van der Waals surface area contributed by atoms with Crippen LogP contribution in [0.15, 0.2) is 21.7 Å². The Morgan fingerprint density at radius 3 is 2.75 bits per heavy atom. The molecule has 1 aromatic rings. The second-order valence-electron chi connectivity index (χ2n) is 7.27. The fourth-order valence-corrected chi connectivity index (χ4v) is 3.97. The number of rotatable bonds is 9. The van der Waals surface area contributed by atoms with Gasteiger partial charge in [-0.05, 0) is 48.2 Å². The van der Waals surface area contributed by atoms with Crippen LogP contribution in [0.25, 0.3) is 0 Å². The molecule has 1 aromatic heterocycles. The highest BCUT2D eigenvalue weighted by Gasteiger charge is 2.25. The average molecular weight is 455 g/mol. The maximum absolute atomic E-state index is 8.17. The summed E-state index contributed by atoms with van der Waals surface area (Å²) in [5.41, 5.74) is 0.559. The minimum Gasteiger partial charge on any atom is -0.578 e. The molecule has 156 valence electrons. The number of pyridine rings is 1. The minimum atomic E-state index is -0.0131. The molecule has 0 radical (unpaired) electrons. The van der Waals surface area contributed by atoms with Gasteiger partial charge in [0.2, 0.25) is 0 Å². The Bertz CT molecular complexity index is 677. The molecule has 2 rings (SSSR count). The lowest BCUT2D eigenvalue weighted by atomic mass is 9.94. The number of methoxy groups -OCH3 is 1. The van der Waals surface area contributed by atoms with Gasteiger partial charge in [-0.1, -0.05) is 26.2 Å². The summed E-state index contributed by atoms with van der Waals surface area (Å²) in [6, 6.07) is 2.62. The van der Waals surface area contributed by atoms with Crippen molar-refractivity contribution in [1.29, 1.82) is 5.41 Å². The van der Waals surface area contributed by atoms with Crippen molar-refractivity contribution in [2.75, 3.05) is 19.0 Å². The molecule has 5 N–H and O–H groups in total. The third-order valence-electron chi connectivity index (χ3n) is 5.11. The molecule has 2 unspecified atom stereocenters. The number of hydrogen-bond acceptors (Lipinski definition) is 5. The molecule has 8 heteroatoms. The van der Waals surface area contributed by atoms with Gasteiger partial charge in [0.25, 0.3) is 0 Å². The molecule has 0 spiro atoms. The highest BCUT2D eigenvalue weighted by molar-refractivity contribution is 9.10. The number of anilines is 1. The van der Waals surface area contributed by atoms with Crippen molar-refractivity contribution in [3.05, 3.63) is 22.3 Å². The summed E-state index contributed by atoms with van der Waals surface area (Å²) >= 11 is 3.40. The van der Waals surface area contributed by atoms with E-state index in [9.17, 15) is 0 Å². The van der Waals surface area contributed by atoms with Crippen LogP contribution in [0.4, 0.5) is 5.82 Å². The number of nitrogens with zero attached hydrogens (tertiary/aromatic N) is 2. The van der Waals surface area contributed by atoms with Crippen LogP contribution in [0.3, 0.4) is 0 Å². The number of aromatic nitrogens is 1. The smallest absolute Gasteiger partial charge is 0.369 e. The summed E-state index contributed by atoms with van der Waals surface area (Å²) in [6.45, 7) is 4.31. The first-order valence-corrected chi connectivity index (χ1v) is 10.8. The molecule has 28 heavy (non-hydrogen) atoms. The van der Waals surface area contributed by atoms with Gasteiger partial charge in [-0.3, -0.25) is 5.41 Å². The molecule has 0 aromatic carbocycles. The van der Waals surface area contributed by atoms with Crippen LogP contribution in [-0.4, -0.2) is 53.7 Å². The quantitative estimate of drug-likeness (QED) is 0.301. The summed E-state index contributed by atoms with van der Waals surface area (Å²) in [4.78, 5) is 8.36. The standard InChI is InChI=1S/C20H32BrN5O2/c1-4-17(26-15-8-6-5-7-9-15)18(28-3)12-24-19-16(10-14(21)11-23-19)20(27)25-13(2)22/h10-11,15,17-18,26H,4-9,12H2,1-3H3,(H,23,24)(H2,22,25,27)/p+1. The normalized spacial score (nSPS) is 17.9. The fraction of sp³-hybridized carbons (Fsp3) is 0.650. The van der Waals surface area contributed by atoms with Gasteiger partial charge in [0, 0.05) is 36.4 Å². The molecule has 7 nitrogen and oxygen atoms in total. The third kappa shape index (κ3) is 6.83. The van der Waals surface area contributed by atoms with E-state index in [-0.39, 0.29) is 23.9 Å². The predicted molar refractivity (Wildman–Crippen MR) is 119 cm³/mol. The van der Waals surface area contributed by atoms with Crippen LogP contribution < -0.4 is 10.6 Å². The van der Waals surface area contributed by atoms with Crippen molar-refractivity contribution >= 4 is 33.5 Å². The van der Waals surface area contributed by atoms with Crippen LogP contribution in [-0.2, 0) is 4.74 Å².